The Hall–Kier alpha value is -2.99. The second kappa shape index (κ2) is 7.27. The van der Waals surface area contributed by atoms with E-state index < -0.39 is 5.91 Å². The van der Waals surface area contributed by atoms with E-state index in [0.717, 1.165) is 5.56 Å². The van der Waals surface area contributed by atoms with Crippen molar-refractivity contribution in [3.05, 3.63) is 64.9 Å². The van der Waals surface area contributed by atoms with Gasteiger partial charge in [-0.1, -0.05) is 30.7 Å². The summed E-state index contributed by atoms with van der Waals surface area (Å²) in [7, 11) is 0. The molecule has 0 fully saturated rings. The Morgan fingerprint density at radius 1 is 1.12 bits per heavy atom. The minimum absolute atomic E-state index is 0.175. The van der Waals surface area contributed by atoms with Crippen molar-refractivity contribution in [3.8, 4) is 23.1 Å². The van der Waals surface area contributed by atoms with E-state index in [1.807, 2.05) is 19.1 Å². The third-order valence-electron chi connectivity index (χ3n) is 3.41. The van der Waals surface area contributed by atoms with Gasteiger partial charge < -0.3 is 10.5 Å². The summed E-state index contributed by atoms with van der Waals surface area (Å²) in [6, 6.07) is 13.9. The van der Waals surface area contributed by atoms with Crippen molar-refractivity contribution in [2.45, 2.75) is 13.3 Å². The normalized spacial score (nSPS) is 10.5. The molecular formula is C18H15ClN4O2. The van der Waals surface area contributed by atoms with Crippen LogP contribution in [0.15, 0.2) is 48.5 Å². The van der Waals surface area contributed by atoms with E-state index in [1.54, 1.807) is 36.4 Å². The van der Waals surface area contributed by atoms with Gasteiger partial charge in [0.2, 0.25) is 5.91 Å². The minimum atomic E-state index is -0.497. The molecular weight excluding hydrogens is 340 g/mol. The van der Waals surface area contributed by atoms with Crippen LogP contribution in [0.2, 0.25) is 5.02 Å². The van der Waals surface area contributed by atoms with Crippen LogP contribution < -0.4 is 10.5 Å². The summed E-state index contributed by atoms with van der Waals surface area (Å²) in [5.41, 5.74) is 6.40. The van der Waals surface area contributed by atoms with Crippen LogP contribution in [0.3, 0.4) is 0 Å². The summed E-state index contributed by atoms with van der Waals surface area (Å²) >= 11 is 6.04. The first-order valence-corrected chi connectivity index (χ1v) is 8.01. The van der Waals surface area contributed by atoms with Crippen LogP contribution in [-0.4, -0.2) is 20.9 Å². The molecule has 0 spiro atoms. The summed E-state index contributed by atoms with van der Waals surface area (Å²) in [6.45, 7) is 1.95. The number of ether oxygens (including phenoxy) is 1. The van der Waals surface area contributed by atoms with Crippen molar-refractivity contribution >= 4 is 17.5 Å². The molecule has 1 heterocycles. The van der Waals surface area contributed by atoms with Crippen molar-refractivity contribution in [1.82, 2.24) is 15.0 Å². The molecule has 25 heavy (non-hydrogen) atoms. The number of aryl methyl sites for hydroxylation is 1. The van der Waals surface area contributed by atoms with Crippen LogP contribution in [0.1, 0.15) is 23.1 Å². The highest BCUT2D eigenvalue weighted by atomic mass is 35.5. The standard InChI is InChI=1S/C18H15ClN4O2/c1-2-15-21-17(12-4-3-5-13(19)10-12)23-18(22-15)25-14-8-6-11(7-9-14)16(20)24/h3-10H,2H2,1H3,(H2,20,24). The first-order valence-electron chi connectivity index (χ1n) is 7.64. The summed E-state index contributed by atoms with van der Waals surface area (Å²) in [5, 5.41) is 0.598. The number of aromatic nitrogens is 3. The number of nitrogens with zero attached hydrogens (tertiary/aromatic N) is 3. The van der Waals surface area contributed by atoms with Crippen molar-refractivity contribution < 1.29 is 9.53 Å². The van der Waals surface area contributed by atoms with E-state index in [-0.39, 0.29) is 6.01 Å². The van der Waals surface area contributed by atoms with E-state index in [9.17, 15) is 4.79 Å². The number of carbonyl (C=O) groups excluding carboxylic acids is 1. The van der Waals surface area contributed by atoms with E-state index in [0.29, 0.717) is 34.4 Å². The fourth-order valence-electron chi connectivity index (χ4n) is 2.15. The van der Waals surface area contributed by atoms with Crippen LogP contribution in [-0.2, 0) is 6.42 Å². The average molecular weight is 355 g/mol. The number of halogens is 1. The second-order valence-electron chi connectivity index (χ2n) is 5.21. The summed E-state index contributed by atoms with van der Waals surface area (Å²) in [5.74, 6) is 1.09. The summed E-state index contributed by atoms with van der Waals surface area (Å²) in [4.78, 5) is 24.2. The van der Waals surface area contributed by atoms with Gasteiger partial charge in [-0.3, -0.25) is 4.79 Å². The highest BCUT2D eigenvalue weighted by molar-refractivity contribution is 6.30. The van der Waals surface area contributed by atoms with Crippen molar-refractivity contribution in [2.24, 2.45) is 5.73 Å². The van der Waals surface area contributed by atoms with Gasteiger partial charge in [-0.05, 0) is 36.4 Å². The predicted octanol–water partition coefficient (Wildman–Crippen LogP) is 3.65. The van der Waals surface area contributed by atoms with Gasteiger partial charge in [-0.15, -0.1) is 0 Å². The molecule has 1 aromatic heterocycles. The topological polar surface area (TPSA) is 91.0 Å². The highest BCUT2D eigenvalue weighted by Crippen LogP contribution is 2.23. The third-order valence-corrected chi connectivity index (χ3v) is 3.64. The SMILES string of the molecule is CCc1nc(Oc2ccc(C(N)=O)cc2)nc(-c2cccc(Cl)c2)n1. The number of nitrogens with two attached hydrogens (primary N) is 1. The van der Waals surface area contributed by atoms with E-state index in [1.165, 1.54) is 0 Å². The Labute approximate surface area is 149 Å². The molecule has 0 aliphatic heterocycles. The number of amides is 1. The van der Waals surface area contributed by atoms with Gasteiger partial charge in [-0.2, -0.15) is 9.97 Å². The smallest absolute Gasteiger partial charge is 0.325 e. The first kappa shape index (κ1) is 16.9. The molecule has 0 atom stereocenters. The van der Waals surface area contributed by atoms with E-state index in [4.69, 9.17) is 22.1 Å². The van der Waals surface area contributed by atoms with Gasteiger partial charge in [0.05, 0.1) is 0 Å². The van der Waals surface area contributed by atoms with Crippen LogP contribution >= 0.6 is 11.6 Å². The Morgan fingerprint density at radius 2 is 1.88 bits per heavy atom. The molecule has 3 rings (SSSR count). The number of primary amides is 1. The molecule has 3 aromatic rings. The predicted molar refractivity (Wildman–Crippen MR) is 94.7 cm³/mol. The lowest BCUT2D eigenvalue weighted by Gasteiger charge is -2.08. The minimum Gasteiger partial charge on any atom is -0.424 e. The van der Waals surface area contributed by atoms with Crippen LogP contribution in [0.25, 0.3) is 11.4 Å². The largest absolute Gasteiger partial charge is 0.424 e. The molecule has 0 radical (unpaired) electrons. The molecule has 2 aromatic carbocycles. The van der Waals surface area contributed by atoms with Crippen LogP contribution in [0.5, 0.6) is 11.8 Å². The Morgan fingerprint density at radius 3 is 2.52 bits per heavy atom. The molecule has 7 heteroatoms. The average Bonchev–Trinajstić information content (AvgIpc) is 2.62. The monoisotopic (exact) mass is 354 g/mol. The maximum absolute atomic E-state index is 11.1. The van der Waals surface area contributed by atoms with Crippen molar-refractivity contribution in [3.63, 3.8) is 0 Å². The number of hydrogen-bond acceptors (Lipinski definition) is 5. The molecule has 0 bridgehead atoms. The van der Waals surface area contributed by atoms with Crippen molar-refractivity contribution in [1.29, 1.82) is 0 Å². The Bertz CT molecular complexity index is 913. The molecule has 126 valence electrons. The lowest BCUT2D eigenvalue weighted by molar-refractivity contribution is 0.100. The van der Waals surface area contributed by atoms with E-state index in [2.05, 4.69) is 15.0 Å². The van der Waals surface area contributed by atoms with Gasteiger partial charge in [-0.25, -0.2) is 4.98 Å². The zero-order chi connectivity index (χ0) is 17.8. The Kier molecular flexibility index (Phi) is 4.90. The quantitative estimate of drug-likeness (QED) is 0.755. The molecule has 2 N–H and O–H groups in total. The van der Waals surface area contributed by atoms with Crippen molar-refractivity contribution in [2.75, 3.05) is 0 Å². The van der Waals surface area contributed by atoms with Gasteiger partial charge in [0.15, 0.2) is 5.82 Å². The first-order chi connectivity index (χ1) is 12.0. The lowest BCUT2D eigenvalue weighted by Crippen LogP contribution is -2.10. The number of benzene rings is 2. The molecule has 0 saturated carbocycles. The fourth-order valence-corrected chi connectivity index (χ4v) is 2.34. The number of carbonyl (C=O) groups is 1. The third kappa shape index (κ3) is 4.10. The Balaban J connectivity index is 1.93. The van der Waals surface area contributed by atoms with Crippen LogP contribution in [0, 0.1) is 0 Å². The van der Waals surface area contributed by atoms with E-state index >= 15 is 0 Å². The zero-order valence-corrected chi connectivity index (χ0v) is 14.2. The maximum Gasteiger partial charge on any atom is 0.325 e. The molecule has 0 unspecified atom stereocenters. The molecule has 0 aliphatic carbocycles. The number of rotatable bonds is 5. The second-order valence-corrected chi connectivity index (χ2v) is 5.65. The van der Waals surface area contributed by atoms with Gasteiger partial charge in [0.25, 0.3) is 0 Å². The molecule has 0 saturated heterocycles. The molecule has 0 aliphatic rings. The lowest BCUT2D eigenvalue weighted by atomic mass is 10.2. The fraction of sp³-hybridized carbons (Fsp3) is 0.111. The molecule has 6 nitrogen and oxygen atoms in total. The van der Waals surface area contributed by atoms with Gasteiger partial charge >= 0.3 is 6.01 Å². The van der Waals surface area contributed by atoms with Crippen LogP contribution in [0.4, 0.5) is 0 Å². The summed E-state index contributed by atoms with van der Waals surface area (Å²) < 4.78 is 5.70. The maximum atomic E-state index is 11.1. The molecule has 1 amide bonds. The zero-order valence-electron chi connectivity index (χ0n) is 13.4. The van der Waals surface area contributed by atoms with Gasteiger partial charge in [0.1, 0.15) is 11.6 Å². The van der Waals surface area contributed by atoms with Gasteiger partial charge in [0, 0.05) is 22.6 Å². The number of hydrogen-bond donors (Lipinski definition) is 1. The summed E-state index contributed by atoms with van der Waals surface area (Å²) in [6.07, 6.45) is 0.632. The highest BCUT2D eigenvalue weighted by Gasteiger charge is 2.10.